The summed E-state index contributed by atoms with van der Waals surface area (Å²) in [5.41, 5.74) is 7.37. The smallest absolute Gasteiger partial charge is 0.163 e. The van der Waals surface area contributed by atoms with Crippen molar-refractivity contribution in [3.63, 3.8) is 0 Å². The fourth-order valence-electron chi connectivity index (χ4n) is 6.05. The fourth-order valence-corrected chi connectivity index (χ4v) is 6.05. The quantitative estimate of drug-likeness (QED) is 0.254. The van der Waals surface area contributed by atoms with E-state index in [1.54, 1.807) is 20.3 Å². The van der Waals surface area contributed by atoms with E-state index in [1.807, 2.05) is 12.1 Å². The van der Waals surface area contributed by atoms with Crippen molar-refractivity contribution in [3.05, 3.63) is 63.7 Å². The zero-order valence-electron chi connectivity index (χ0n) is 23.0. The lowest BCUT2D eigenvalue weighted by molar-refractivity contribution is -0.121. The van der Waals surface area contributed by atoms with Gasteiger partial charge in [-0.3, -0.25) is 4.79 Å². The summed E-state index contributed by atoms with van der Waals surface area (Å²) in [6.07, 6.45) is 17.1. The molecule has 0 saturated heterocycles. The molecule has 2 aromatic carbocycles. The Morgan fingerprint density at radius 2 is 1.57 bits per heavy atom. The van der Waals surface area contributed by atoms with Crippen LogP contribution >= 0.6 is 0 Å². The Labute approximate surface area is 223 Å². The van der Waals surface area contributed by atoms with Crippen molar-refractivity contribution in [1.82, 2.24) is 0 Å². The molecular formula is C33H44O4. The topological polar surface area (TPSA) is 55.8 Å². The highest BCUT2D eigenvalue weighted by molar-refractivity contribution is 5.96. The van der Waals surface area contributed by atoms with Crippen molar-refractivity contribution in [2.75, 3.05) is 14.2 Å². The van der Waals surface area contributed by atoms with Gasteiger partial charge in [-0.1, -0.05) is 57.2 Å². The number of hydrogen-bond donors (Lipinski definition) is 1. The van der Waals surface area contributed by atoms with Gasteiger partial charge >= 0.3 is 0 Å². The van der Waals surface area contributed by atoms with E-state index in [0.717, 1.165) is 42.6 Å². The van der Waals surface area contributed by atoms with Gasteiger partial charge in [0.1, 0.15) is 0 Å². The van der Waals surface area contributed by atoms with Gasteiger partial charge in [0.15, 0.2) is 17.3 Å². The third kappa shape index (κ3) is 6.84. The van der Waals surface area contributed by atoms with E-state index < -0.39 is 12.0 Å². The second kappa shape index (κ2) is 13.3. The molecule has 2 aliphatic rings. The van der Waals surface area contributed by atoms with Crippen molar-refractivity contribution < 1.29 is 19.4 Å². The predicted molar refractivity (Wildman–Crippen MR) is 151 cm³/mol. The summed E-state index contributed by atoms with van der Waals surface area (Å²) in [6.45, 7) is 2.24. The summed E-state index contributed by atoms with van der Waals surface area (Å²) in [5.74, 6) is 1.06. The summed E-state index contributed by atoms with van der Waals surface area (Å²) in [5, 5.41) is 10.9. The molecule has 4 nitrogen and oxygen atoms in total. The van der Waals surface area contributed by atoms with E-state index in [2.05, 4.69) is 25.1 Å². The molecule has 0 bridgehead atoms. The number of unbranched alkanes of at least 4 members (excludes halogenated alkanes) is 5. The Hall–Kier alpha value is -2.59. The number of allylic oxidation sites excluding steroid dienone is 1. The van der Waals surface area contributed by atoms with Crippen LogP contribution in [-0.2, 0) is 36.9 Å². The first-order valence-electron chi connectivity index (χ1n) is 14.3. The molecule has 0 radical (unpaired) electrons. The molecule has 0 saturated carbocycles. The number of aliphatic hydroxyl groups is 1. The van der Waals surface area contributed by atoms with Crippen LogP contribution in [0.1, 0.15) is 91.7 Å². The second-order valence-electron chi connectivity index (χ2n) is 10.8. The number of fused-ring (bicyclic) bond motifs is 2. The zero-order chi connectivity index (χ0) is 26.2. The van der Waals surface area contributed by atoms with Crippen LogP contribution in [0.3, 0.4) is 0 Å². The van der Waals surface area contributed by atoms with Crippen LogP contribution in [0.2, 0.25) is 0 Å². The van der Waals surface area contributed by atoms with Gasteiger partial charge < -0.3 is 14.6 Å². The normalized spacial score (nSPS) is 18.9. The maximum atomic E-state index is 13.2. The number of benzene rings is 2. The number of carbonyl (C=O) groups excluding carboxylic acids is 1. The lowest BCUT2D eigenvalue weighted by Crippen LogP contribution is -2.35. The number of aryl methyl sites for hydroxylation is 3. The average molecular weight is 505 g/mol. The molecule has 0 amide bonds. The molecule has 0 spiro atoms. The maximum absolute atomic E-state index is 13.2. The average Bonchev–Trinajstić information content (AvgIpc) is 2.91. The molecule has 200 valence electrons. The number of aliphatic hydroxyl groups excluding tert-OH is 1. The standard InChI is InChI=1S/C33H44O4/c1-4-5-6-7-8-9-14-26-17-23(18-32(36-2)33(26)37-3)15-16-30(34)29-21-27-19-24-12-10-11-13-25(24)20-28(27)22-31(29)35/h15-20,29,31,35H,4-14,21-22H2,1-3H3/b16-15+. The predicted octanol–water partition coefficient (Wildman–Crippen LogP) is 6.84. The molecule has 2 aromatic rings. The Bertz CT molecular complexity index is 1100. The van der Waals surface area contributed by atoms with Crippen LogP contribution in [0, 0.1) is 5.92 Å². The summed E-state index contributed by atoms with van der Waals surface area (Å²) < 4.78 is 11.3. The number of hydrogen-bond acceptors (Lipinski definition) is 4. The van der Waals surface area contributed by atoms with Crippen LogP contribution in [0.5, 0.6) is 11.5 Å². The van der Waals surface area contributed by atoms with Gasteiger partial charge in [-0.05, 0) is 103 Å². The third-order valence-corrected chi connectivity index (χ3v) is 8.18. The first kappa shape index (κ1) is 27.4. The summed E-state index contributed by atoms with van der Waals surface area (Å²) in [4.78, 5) is 13.2. The minimum atomic E-state index is -0.639. The highest BCUT2D eigenvalue weighted by Crippen LogP contribution is 2.35. The largest absolute Gasteiger partial charge is 0.493 e. The highest BCUT2D eigenvalue weighted by atomic mass is 16.5. The first-order chi connectivity index (χ1) is 18.0. The molecule has 37 heavy (non-hydrogen) atoms. The van der Waals surface area contributed by atoms with Crippen LogP contribution in [-0.4, -0.2) is 31.2 Å². The Kier molecular flexibility index (Phi) is 9.85. The van der Waals surface area contributed by atoms with Crippen molar-refractivity contribution in [1.29, 1.82) is 0 Å². The molecule has 4 heteroatoms. The first-order valence-corrected chi connectivity index (χ1v) is 14.3. The lowest BCUT2D eigenvalue weighted by Gasteiger charge is -2.30. The molecule has 4 rings (SSSR count). The molecule has 0 aliphatic heterocycles. The molecule has 0 aromatic heterocycles. The van der Waals surface area contributed by atoms with E-state index >= 15 is 0 Å². The Morgan fingerprint density at radius 1 is 0.892 bits per heavy atom. The van der Waals surface area contributed by atoms with Gasteiger partial charge in [0, 0.05) is 0 Å². The van der Waals surface area contributed by atoms with Crippen LogP contribution < -0.4 is 9.47 Å². The number of ether oxygens (including phenoxy) is 2. The molecule has 2 unspecified atom stereocenters. The van der Waals surface area contributed by atoms with Gasteiger partial charge in [-0.15, -0.1) is 0 Å². The number of ketones is 1. The maximum Gasteiger partial charge on any atom is 0.163 e. The van der Waals surface area contributed by atoms with E-state index in [1.165, 1.54) is 67.2 Å². The molecule has 1 N–H and O–H groups in total. The van der Waals surface area contributed by atoms with E-state index in [-0.39, 0.29) is 5.78 Å². The monoisotopic (exact) mass is 504 g/mol. The van der Waals surface area contributed by atoms with E-state index in [9.17, 15) is 9.90 Å². The number of methoxy groups -OCH3 is 2. The summed E-state index contributed by atoms with van der Waals surface area (Å²) >= 11 is 0. The van der Waals surface area contributed by atoms with Crippen LogP contribution in [0.4, 0.5) is 0 Å². The van der Waals surface area contributed by atoms with E-state index in [4.69, 9.17) is 9.47 Å². The lowest BCUT2D eigenvalue weighted by atomic mass is 9.76. The van der Waals surface area contributed by atoms with Crippen molar-refractivity contribution in [2.45, 2.75) is 96.5 Å². The Balaban J connectivity index is 1.46. The van der Waals surface area contributed by atoms with Crippen molar-refractivity contribution >= 4 is 11.9 Å². The van der Waals surface area contributed by atoms with E-state index in [0.29, 0.717) is 18.6 Å². The molecule has 0 heterocycles. The number of rotatable bonds is 12. The van der Waals surface area contributed by atoms with Crippen LogP contribution in [0.15, 0.2) is 30.3 Å². The molecule has 0 fully saturated rings. The molecule has 2 atom stereocenters. The minimum absolute atomic E-state index is 0.0110. The van der Waals surface area contributed by atoms with Gasteiger partial charge in [0.2, 0.25) is 0 Å². The molecule has 2 aliphatic carbocycles. The van der Waals surface area contributed by atoms with Gasteiger partial charge in [0.25, 0.3) is 0 Å². The van der Waals surface area contributed by atoms with Gasteiger partial charge in [0.05, 0.1) is 26.2 Å². The zero-order valence-corrected chi connectivity index (χ0v) is 23.0. The fraction of sp³-hybridized carbons (Fsp3) is 0.545. The summed E-state index contributed by atoms with van der Waals surface area (Å²) in [7, 11) is 3.33. The van der Waals surface area contributed by atoms with Gasteiger partial charge in [-0.2, -0.15) is 0 Å². The van der Waals surface area contributed by atoms with Crippen molar-refractivity contribution in [2.24, 2.45) is 5.92 Å². The minimum Gasteiger partial charge on any atom is -0.493 e. The second-order valence-corrected chi connectivity index (χ2v) is 10.8. The van der Waals surface area contributed by atoms with Crippen molar-refractivity contribution in [3.8, 4) is 11.5 Å². The number of carbonyl (C=O) groups is 1. The SMILES string of the molecule is CCCCCCCCc1cc(/C=C/C(=O)C2Cc3cc4c(cc3CC2O)CCCC4)cc(OC)c1OC. The van der Waals surface area contributed by atoms with Crippen LogP contribution in [0.25, 0.3) is 6.08 Å². The molecular weight excluding hydrogens is 460 g/mol. The Morgan fingerprint density at radius 3 is 2.24 bits per heavy atom. The summed E-state index contributed by atoms with van der Waals surface area (Å²) in [6, 6.07) is 8.63. The third-order valence-electron chi connectivity index (χ3n) is 8.18. The van der Waals surface area contributed by atoms with Gasteiger partial charge in [-0.25, -0.2) is 0 Å². The highest BCUT2D eigenvalue weighted by Gasteiger charge is 2.32.